The van der Waals surface area contributed by atoms with Gasteiger partial charge in [-0.25, -0.2) is 0 Å². The van der Waals surface area contributed by atoms with Gasteiger partial charge in [-0.2, -0.15) is 0 Å². The number of aryl methyl sites for hydroxylation is 1. The molecule has 1 atom stereocenters. The third-order valence-electron chi connectivity index (χ3n) is 2.44. The van der Waals surface area contributed by atoms with Gasteiger partial charge >= 0.3 is 5.97 Å². The summed E-state index contributed by atoms with van der Waals surface area (Å²) in [7, 11) is 0. The number of carboxylic acid groups (broad SMARTS) is 1. The van der Waals surface area contributed by atoms with Crippen LogP contribution in [0.4, 0.5) is 0 Å². The molecule has 96 valence electrons. The average molecular weight is 272 g/mol. The zero-order chi connectivity index (χ0) is 13.8. The van der Waals surface area contributed by atoms with Gasteiger partial charge in [-0.1, -0.05) is 35.3 Å². The predicted molar refractivity (Wildman–Crippen MR) is 73.8 cm³/mol. The van der Waals surface area contributed by atoms with E-state index in [-0.39, 0.29) is 0 Å². The minimum absolute atomic E-state index is 0.674. The topological polar surface area (TPSA) is 63.1 Å². The molecule has 0 spiro atoms. The highest BCUT2D eigenvalue weighted by Crippen LogP contribution is 2.23. The highest BCUT2D eigenvalue weighted by Gasteiger charge is 2.06. The molecule has 19 heavy (non-hydrogen) atoms. The van der Waals surface area contributed by atoms with Crippen LogP contribution in [0.1, 0.15) is 17.5 Å². The van der Waals surface area contributed by atoms with E-state index in [9.17, 15) is 4.79 Å². The number of hydrogen-bond acceptors (Lipinski definition) is 4. The lowest BCUT2D eigenvalue weighted by atomic mass is 10.1. The first-order valence-electron chi connectivity index (χ1n) is 5.71. The molecule has 0 saturated carbocycles. The van der Waals surface area contributed by atoms with Crippen LogP contribution in [0.2, 0.25) is 0 Å². The van der Waals surface area contributed by atoms with E-state index in [1.807, 2.05) is 31.2 Å². The number of aromatic nitrogens is 2. The molecule has 0 amide bonds. The van der Waals surface area contributed by atoms with E-state index in [0.717, 1.165) is 21.1 Å². The summed E-state index contributed by atoms with van der Waals surface area (Å²) in [5.74, 6) is 3.98. The molecule has 0 radical (unpaired) electrons. The third kappa shape index (κ3) is 3.39. The van der Waals surface area contributed by atoms with Gasteiger partial charge in [0.2, 0.25) is 0 Å². The number of carboxylic acids is 1. The maximum atomic E-state index is 10.7. The van der Waals surface area contributed by atoms with Gasteiger partial charge in [0.25, 0.3) is 0 Å². The van der Waals surface area contributed by atoms with Gasteiger partial charge in [-0.15, -0.1) is 10.2 Å². The number of hydrogen-bond donors (Lipinski definition) is 1. The summed E-state index contributed by atoms with van der Waals surface area (Å²) >= 11 is 1.51. The van der Waals surface area contributed by atoms with Crippen LogP contribution in [-0.4, -0.2) is 21.3 Å². The van der Waals surface area contributed by atoms with Crippen molar-refractivity contribution in [2.45, 2.75) is 13.8 Å². The second-order valence-corrected chi connectivity index (χ2v) is 5.22. The van der Waals surface area contributed by atoms with E-state index in [1.165, 1.54) is 11.3 Å². The van der Waals surface area contributed by atoms with Crippen molar-refractivity contribution in [1.29, 1.82) is 0 Å². The number of nitrogens with zero attached hydrogens (tertiary/aromatic N) is 2. The average Bonchev–Trinajstić information content (AvgIpc) is 2.83. The number of carbonyl (C=O) groups is 1. The Labute approximate surface area is 115 Å². The first-order valence-corrected chi connectivity index (χ1v) is 6.53. The fourth-order valence-corrected chi connectivity index (χ4v) is 2.08. The molecule has 1 aromatic carbocycles. The fourth-order valence-electron chi connectivity index (χ4n) is 1.40. The summed E-state index contributed by atoms with van der Waals surface area (Å²) < 4.78 is 0. The summed E-state index contributed by atoms with van der Waals surface area (Å²) in [5.41, 5.74) is 1.72. The van der Waals surface area contributed by atoms with Crippen molar-refractivity contribution in [2.24, 2.45) is 5.92 Å². The molecular weight excluding hydrogens is 260 g/mol. The standard InChI is InChI=1S/C14H12N2O2S/c1-9(14(17)18)6-7-11-4-3-5-12(8-11)13-16-15-10(2)19-13/h3-5,8-9H,1-2H3,(H,17,18). The molecule has 2 rings (SSSR count). The van der Waals surface area contributed by atoms with Crippen LogP contribution < -0.4 is 0 Å². The molecule has 0 saturated heterocycles. The maximum Gasteiger partial charge on any atom is 0.318 e. The van der Waals surface area contributed by atoms with Crippen molar-refractivity contribution in [3.05, 3.63) is 34.8 Å². The smallest absolute Gasteiger partial charge is 0.318 e. The van der Waals surface area contributed by atoms with E-state index in [2.05, 4.69) is 22.0 Å². The molecule has 0 aliphatic heterocycles. The number of aliphatic carboxylic acids is 1. The van der Waals surface area contributed by atoms with Crippen LogP contribution in [-0.2, 0) is 4.79 Å². The Balaban J connectivity index is 2.27. The summed E-state index contributed by atoms with van der Waals surface area (Å²) in [6, 6.07) is 7.55. The van der Waals surface area contributed by atoms with E-state index in [1.54, 1.807) is 6.92 Å². The minimum Gasteiger partial charge on any atom is -0.480 e. The van der Waals surface area contributed by atoms with Gasteiger partial charge in [-0.3, -0.25) is 4.79 Å². The first-order chi connectivity index (χ1) is 9.06. The fraction of sp³-hybridized carbons (Fsp3) is 0.214. The minimum atomic E-state index is -0.914. The lowest BCUT2D eigenvalue weighted by Crippen LogP contribution is -2.06. The zero-order valence-corrected chi connectivity index (χ0v) is 11.4. The van der Waals surface area contributed by atoms with Crippen molar-refractivity contribution < 1.29 is 9.90 Å². The maximum absolute atomic E-state index is 10.7. The van der Waals surface area contributed by atoms with Crippen LogP contribution in [0.15, 0.2) is 24.3 Å². The van der Waals surface area contributed by atoms with Crippen molar-refractivity contribution in [3.8, 4) is 22.4 Å². The van der Waals surface area contributed by atoms with E-state index in [0.29, 0.717) is 0 Å². The molecule has 1 unspecified atom stereocenters. The van der Waals surface area contributed by atoms with E-state index >= 15 is 0 Å². The lowest BCUT2D eigenvalue weighted by molar-refractivity contribution is -0.139. The van der Waals surface area contributed by atoms with Gasteiger partial charge < -0.3 is 5.11 Å². The van der Waals surface area contributed by atoms with Crippen molar-refractivity contribution in [1.82, 2.24) is 10.2 Å². The van der Waals surface area contributed by atoms with Crippen LogP contribution in [0.3, 0.4) is 0 Å². The second-order valence-electron chi connectivity index (χ2n) is 4.04. The van der Waals surface area contributed by atoms with Gasteiger partial charge in [0.15, 0.2) is 0 Å². The first kappa shape index (κ1) is 13.2. The van der Waals surface area contributed by atoms with Crippen LogP contribution in [0.5, 0.6) is 0 Å². The highest BCUT2D eigenvalue weighted by molar-refractivity contribution is 7.14. The normalized spacial score (nSPS) is 11.5. The Hall–Kier alpha value is -2.19. The SMILES string of the molecule is Cc1nnc(-c2cccc(C#CC(C)C(=O)O)c2)s1. The van der Waals surface area contributed by atoms with Gasteiger partial charge in [0, 0.05) is 11.1 Å². The lowest BCUT2D eigenvalue weighted by Gasteiger charge is -1.97. The Morgan fingerprint density at radius 2 is 2.21 bits per heavy atom. The summed E-state index contributed by atoms with van der Waals surface area (Å²) in [6.07, 6.45) is 0. The van der Waals surface area contributed by atoms with Crippen LogP contribution in [0, 0.1) is 24.7 Å². The molecule has 4 nitrogen and oxygen atoms in total. The molecule has 1 heterocycles. The molecule has 1 N–H and O–H groups in total. The molecule has 0 aliphatic rings. The quantitative estimate of drug-likeness (QED) is 0.853. The highest BCUT2D eigenvalue weighted by atomic mass is 32.1. The number of rotatable bonds is 2. The third-order valence-corrected chi connectivity index (χ3v) is 3.33. The van der Waals surface area contributed by atoms with Crippen molar-refractivity contribution in [3.63, 3.8) is 0 Å². The van der Waals surface area contributed by atoms with E-state index < -0.39 is 11.9 Å². The number of benzene rings is 1. The van der Waals surface area contributed by atoms with E-state index in [4.69, 9.17) is 5.11 Å². The van der Waals surface area contributed by atoms with Gasteiger partial charge in [0.05, 0.1) is 0 Å². The molecule has 0 bridgehead atoms. The Morgan fingerprint density at radius 1 is 1.42 bits per heavy atom. The van der Waals surface area contributed by atoms with Gasteiger partial charge in [-0.05, 0) is 26.0 Å². The summed E-state index contributed by atoms with van der Waals surface area (Å²) in [5, 5.41) is 18.6. The van der Waals surface area contributed by atoms with Gasteiger partial charge in [0.1, 0.15) is 15.9 Å². The van der Waals surface area contributed by atoms with Crippen LogP contribution >= 0.6 is 11.3 Å². The summed E-state index contributed by atoms with van der Waals surface area (Å²) in [6.45, 7) is 3.46. The van der Waals surface area contributed by atoms with Crippen molar-refractivity contribution >= 4 is 17.3 Å². The molecule has 0 fully saturated rings. The molecule has 1 aromatic heterocycles. The second kappa shape index (κ2) is 5.63. The van der Waals surface area contributed by atoms with Crippen LogP contribution in [0.25, 0.3) is 10.6 Å². The van der Waals surface area contributed by atoms with Crippen molar-refractivity contribution in [2.75, 3.05) is 0 Å². The Morgan fingerprint density at radius 3 is 2.84 bits per heavy atom. The predicted octanol–water partition coefficient (Wildman–Crippen LogP) is 2.59. The molecule has 5 heteroatoms. The molecule has 0 aliphatic carbocycles. The monoisotopic (exact) mass is 272 g/mol. The molecular formula is C14H12N2O2S. The Kier molecular flexibility index (Phi) is 3.93. The largest absolute Gasteiger partial charge is 0.480 e. The Bertz CT molecular complexity index is 667. The molecule has 2 aromatic rings. The zero-order valence-electron chi connectivity index (χ0n) is 10.5. The summed E-state index contributed by atoms with van der Waals surface area (Å²) in [4.78, 5) is 10.7.